The van der Waals surface area contributed by atoms with Crippen LogP contribution in [0.3, 0.4) is 0 Å². The number of rotatable bonds is 3. The molecule has 3 rings (SSSR count). The van der Waals surface area contributed by atoms with Gasteiger partial charge in [0, 0.05) is 19.1 Å². The standard InChI is InChI=1S/C20H29N3O5/c1-15(2)21-19(25)23-9-6-11-27-20(14-23)13-22(10-12-28-20)18(24)16-7-4-5-8-17(16)26-3/h4-5,7-8,15H,6,9-14H2,1-3H3,(H,21,25). The lowest BCUT2D eigenvalue weighted by molar-refractivity contribution is -0.258. The van der Waals surface area contributed by atoms with E-state index in [2.05, 4.69) is 5.32 Å². The summed E-state index contributed by atoms with van der Waals surface area (Å²) in [5.74, 6) is -0.611. The van der Waals surface area contributed by atoms with Crippen molar-refractivity contribution in [3.05, 3.63) is 29.8 Å². The number of benzene rings is 1. The van der Waals surface area contributed by atoms with Gasteiger partial charge >= 0.3 is 6.03 Å². The number of methoxy groups -OCH3 is 1. The topological polar surface area (TPSA) is 80.3 Å². The quantitative estimate of drug-likeness (QED) is 0.848. The molecule has 2 aliphatic heterocycles. The summed E-state index contributed by atoms with van der Waals surface area (Å²) in [6, 6.07) is 7.06. The molecule has 2 aliphatic rings. The average Bonchev–Trinajstić information content (AvgIpc) is 2.89. The second-order valence-electron chi connectivity index (χ2n) is 7.41. The molecule has 0 saturated carbocycles. The number of para-hydroxylation sites is 1. The molecule has 0 radical (unpaired) electrons. The molecular formula is C20H29N3O5. The Morgan fingerprint density at radius 3 is 2.57 bits per heavy atom. The monoisotopic (exact) mass is 391 g/mol. The van der Waals surface area contributed by atoms with E-state index in [-0.39, 0.29) is 31.1 Å². The highest BCUT2D eigenvalue weighted by molar-refractivity contribution is 5.97. The van der Waals surface area contributed by atoms with Gasteiger partial charge in [-0.05, 0) is 32.4 Å². The smallest absolute Gasteiger partial charge is 0.317 e. The molecule has 0 aliphatic carbocycles. The van der Waals surface area contributed by atoms with Crippen LogP contribution in [-0.4, -0.2) is 80.1 Å². The summed E-state index contributed by atoms with van der Waals surface area (Å²) in [5, 5.41) is 2.92. The first-order chi connectivity index (χ1) is 13.4. The van der Waals surface area contributed by atoms with Gasteiger partial charge in [0.15, 0.2) is 0 Å². The van der Waals surface area contributed by atoms with Gasteiger partial charge in [-0.25, -0.2) is 4.79 Å². The number of morpholine rings is 1. The summed E-state index contributed by atoms with van der Waals surface area (Å²) in [6.45, 7) is 6.25. The normalized spacial score (nSPS) is 22.9. The van der Waals surface area contributed by atoms with E-state index < -0.39 is 5.79 Å². The van der Waals surface area contributed by atoms with Crippen LogP contribution < -0.4 is 10.1 Å². The minimum atomic E-state index is -1.01. The number of carbonyl (C=O) groups is 2. The molecule has 2 saturated heterocycles. The summed E-state index contributed by atoms with van der Waals surface area (Å²) < 4.78 is 17.3. The van der Waals surface area contributed by atoms with Crippen molar-refractivity contribution in [1.82, 2.24) is 15.1 Å². The van der Waals surface area contributed by atoms with Gasteiger partial charge in [0.2, 0.25) is 5.79 Å². The maximum absolute atomic E-state index is 13.1. The number of amides is 3. The molecule has 3 amide bonds. The van der Waals surface area contributed by atoms with E-state index in [1.807, 2.05) is 26.0 Å². The van der Waals surface area contributed by atoms with E-state index in [1.54, 1.807) is 29.0 Å². The van der Waals surface area contributed by atoms with E-state index in [0.29, 0.717) is 37.6 Å². The Kier molecular flexibility index (Phi) is 6.41. The predicted molar refractivity (Wildman–Crippen MR) is 103 cm³/mol. The summed E-state index contributed by atoms with van der Waals surface area (Å²) in [6.07, 6.45) is 0.719. The Morgan fingerprint density at radius 1 is 1.11 bits per heavy atom. The maximum Gasteiger partial charge on any atom is 0.317 e. The van der Waals surface area contributed by atoms with E-state index >= 15 is 0 Å². The SMILES string of the molecule is COc1ccccc1C(=O)N1CCOC2(CN(C(=O)NC(C)C)CCCO2)C1. The lowest BCUT2D eigenvalue weighted by Gasteiger charge is -2.43. The largest absolute Gasteiger partial charge is 0.496 e. The zero-order valence-electron chi connectivity index (χ0n) is 16.8. The highest BCUT2D eigenvalue weighted by Crippen LogP contribution is 2.27. The van der Waals surface area contributed by atoms with Crippen LogP contribution in [0.15, 0.2) is 24.3 Å². The predicted octanol–water partition coefficient (Wildman–Crippen LogP) is 1.70. The number of carbonyl (C=O) groups excluding carboxylic acids is 2. The van der Waals surface area contributed by atoms with Crippen LogP contribution in [0.4, 0.5) is 4.79 Å². The maximum atomic E-state index is 13.1. The molecule has 0 bridgehead atoms. The van der Waals surface area contributed by atoms with Gasteiger partial charge in [0.25, 0.3) is 5.91 Å². The van der Waals surface area contributed by atoms with Crippen molar-refractivity contribution in [2.75, 3.05) is 46.5 Å². The number of nitrogens with zero attached hydrogens (tertiary/aromatic N) is 2. The van der Waals surface area contributed by atoms with Gasteiger partial charge < -0.3 is 29.3 Å². The lowest BCUT2D eigenvalue weighted by Crippen LogP contribution is -2.60. The van der Waals surface area contributed by atoms with Gasteiger partial charge in [-0.15, -0.1) is 0 Å². The van der Waals surface area contributed by atoms with Gasteiger partial charge in [0.05, 0.1) is 39.0 Å². The molecule has 1 spiro atoms. The van der Waals surface area contributed by atoms with Gasteiger partial charge in [0.1, 0.15) is 5.75 Å². The van der Waals surface area contributed by atoms with Crippen molar-refractivity contribution in [1.29, 1.82) is 0 Å². The molecule has 2 fully saturated rings. The highest BCUT2D eigenvalue weighted by Gasteiger charge is 2.43. The third kappa shape index (κ3) is 4.56. The number of hydrogen-bond acceptors (Lipinski definition) is 5. The number of nitrogens with one attached hydrogen (secondary N) is 1. The second kappa shape index (κ2) is 8.79. The van der Waals surface area contributed by atoms with Crippen LogP contribution in [0.5, 0.6) is 5.75 Å². The molecule has 28 heavy (non-hydrogen) atoms. The first-order valence-corrected chi connectivity index (χ1v) is 9.70. The van der Waals surface area contributed by atoms with Crippen LogP contribution in [0, 0.1) is 0 Å². The van der Waals surface area contributed by atoms with Crippen LogP contribution in [0.1, 0.15) is 30.6 Å². The average molecular weight is 391 g/mol. The fraction of sp³-hybridized carbons (Fsp3) is 0.600. The summed E-state index contributed by atoms with van der Waals surface area (Å²) in [7, 11) is 1.55. The Hall–Kier alpha value is -2.32. The fourth-order valence-corrected chi connectivity index (χ4v) is 3.55. The van der Waals surface area contributed by atoms with Gasteiger partial charge in [-0.2, -0.15) is 0 Å². The van der Waals surface area contributed by atoms with E-state index in [4.69, 9.17) is 14.2 Å². The van der Waals surface area contributed by atoms with Crippen molar-refractivity contribution < 1.29 is 23.8 Å². The van der Waals surface area contributed by atoms with Gasteiger partial charge in [-0.1, -0.05) is 12.1 Å². The molecular weight excluding hydrogens is 362 g/mol. The van der Waals surface area contributed by atoms with Gasteiger partial charge in [-0.3, -0.25) is 4.79 Å². The second-order valence-corrected chi connectivity index (χ2v) is 7.41. The Bertz CT molecular complexity index is 711. The van der Waals surface area contributed by atoms with Crippen LogP contribution in [-0.2, 0) is 9.47 Å². The number of urea groups is 1. The molecule has 0 aromatic heterocycles. The molecule has 154 valence electrons. The molecule has 1 aromatic rings. The van der Waals surface area contributed by atoms with Crippen molar-refractivity contribution in [3.63, 3.8) is 0 Å². The summed E-state index contributed by atoms with van der Waals surface area (Å²) in [5.41, 5.74) is 0.505. The molecule has 1 unspecified atom stereocenters. The zero-order valence-corrected chi connectivity index (χ0v) is 16.8. The molecule has 2 heterocycles. The van der Waals surface area contributed by atoms with Crippen molar-refractivity contribution in [2.45, 2.75) is 32.1 Å². The summed E-state index contributed by atoms with van der Waals surface area (Å²) in [4.78, 5) is 29.0. The van der Waals surface area contributed by atoms with Crippen molar-refractivity contribution in [2.24, 2.45) is 0 Å². The lowest BCUT2D eigenvalue weighted by atomic mass is 10.1. The zero-order chi connectivity index (χ0) is 20.1. The van der Waals surface area contributed by atoms with E-state index in [9.17, 15) is 9.59 Å². The molecule has 1 atom stereocenters. The third-order valence-electron chi connectivity index (χ3n) is 4.85. The Balaban J connectivity index is 1.76. The fourth-order valence-electron chi connectivity index (χ4n) is 3.55. The van der Waals surface area contributed by atoms with Crippen LogP contribution in [0.25, 0.3) is 0 Å². The minimum absolute atomic E-state index is 0.0449. The number of hydrogen-bond donors (Lipinski definition) is 1. The highest BCUT2D eigenvalue weighted by atomic mass is 16.7. The van der Waals surface area contributed by atoms with Crippen molar-refractivity contribution >= 4 is 11.9 Å². The van der Waals surface area contributed by atoms with E-state index in [1.165, 1.54) is 0 Å². The minimum Gasteiger partial charge on any atom is -0.496 e. The van der Waals surface area contributed by atoms with E-state index in [0.717, 1.165) is 6.42 Å². The molecule has 1 aromatic carbocycles. The molecule has 8 nitrogen and oxygen atoms in total. The third-order valence-corrected chi connectivity index (χ3v) is 4.85. The Morgan fingerprint density at radius 2 is 1.82 bits per heavy atom. The molecule has 8 heteroatoms. The van der Waals surface area contributed by atoms with Crippen molar-refractivity contribution in [3.8, 4) is 5.75 Å². The number of ether oxygens (including phenoxy) is 3. The molecule has 1 N–H and O–H groups in total. The summed E-state index contributed by atoms with van der Waals surface area (Å²) >= 11 is 0. The van der Waals surface area contributed by atoms with Crippen LogP contribution >= 0.6 is 0 Å². The first-order valence-electron chi connectivity index (χ1n) is 9.70. The Labute approximate surface area is 165 Å². The van der Waals surface area contributed by atoms with Crippen LogP contribution in [0.2, 0.25) is 0 Å². The first kappa shape index (κ1) is 20.4.